The molecular formula is C21H25ClN4O3. The molecule has 1 fully saturated rings. The molecule has 0 amide bonds. The van der Waals surface area contributed by atoms with Gasteiger partial charge >= 0.3 is 0 Å². The molecule has 0 radical (unpaired) electrons. The molecule has 2 aromatic rings. The fourth-order valence-electron chi connectivity index (χ4n) is 4.26. The minimum atomic E-state index is -1.11. The minimum Gasteiger partial charge on any atom is -0.387 e. The van der Waals surface area contributed by atoms with Crippen LogP contribution in [0.5, 0.6) is 0 Å². The van der Waals surface area contributed by atoms with Gasteiger partial charge in [-0.2, -0.15) is 0 Å². The number of nitrogens with zero attached hydrogens (tertiary/aromatic N) is 3. The standard InChI is InChI=1S/C21H25ClN4O3/c1-11(23-2)14-7-9-26(20(14)24-3)21-18(28)17(27)19(29-21)16-15-5-4-13(22)10-12(15)6-8-25-16/h4-5,7,9-10,16-19,21,25,27-28H,3,6,8H2,1-2H3/b23-11-/t16-,17+,18-,19-,21-/m1/s1. The van der Waals surface area contributed by atoms with E-state index >= 15 is 0 Å². The van der Waals surface area contributed by atoms with Crippen molar-refractivity contribution in [2.75, 3.05) is 13.6 Å². The molecule has 0 spiro atoms. The van der Waals surface area contributed by atoms with Crippen LogP contribution >= 0.6 is 11.6 Å². The van der Waals surface area contributed by atoms with Gasteiger partial charge < -0.3 is 24.8 Å². The zero-order valence-corrected chi connectivity index (χ0v) is 17.2. The lowest BCUT2D eigenvalue weighted by molar-refractivity contribution is -0.0483. The lowest BCUT2D eigenvalue weighted by atomic mass is 9.89. The summed E-state index contributed by atoms with van der Waals surface area (Å²) in [5.74, 6) is 0.550. The third-order valence-corrected chi connectivity index (χ3v) is 6.07. The largest absolute Gasteiger partial charge is 0.387 e. The molecule has 7 nitrogen and oxygen atoms in total. The summed E-state index contributed by atoms with van der Waals surface area (Å²) in [6, 6.07) is 7.35. The highest BCUT2D eigenvalue weighted by molar-refractivity contribution is 6.30. The second-order valence-electron chi connectivity index (χ2n) is 7.42. The van der Waals surface area contributed by atoms with E-state index in [1.165, 1.54) is 0 Å². The molecule has 4 rings (SSSR count). The highest BCUT2D eigenvalue weighted by Gasteiger charge is 2.48. The quantitative estimate of drug-likeness (QED) is 0.667. The van der Waals surface area contributed by atoms with Crippen LogP contribution in [0.3, 0.4) is 0 Å². The Kier molecular flexibility index (Phi) is 5.59. The maximum absolute atomic E-state index is 10.8. The van der Waals surface area contributed by atoms with E-state index in [4.69, 9.17) is 16.3 Å². The average molecular weight is 417 g/mol. The lowest BCUT2D eigenvalue weighted by Gasteiger charge is -2.32. The van der Waals surface area contributed by atoms with Crippen molar-refractivity contribution in [3.05, 3.63) is 52.2 Å². The highest BCUT2D eigenvalue weighted by atomic mass is 35.5. The van der Waals surface area contributed by atoms with Crippen molar-refractivity contribution in [1.82, 2.24) is 9.88 Å². The van der Waals surface area contributed by atoms with E-state index in [0.717, 1.165) is 35.4 Å². The highest BCUT2D eigenvalue weighted by Crippen LogP contribution is 2.40. The van der Waals surface area contributed by atoms with E-state index in [1.54, 1.807) is 17.8 Å². The molecular weight excluding hydrogens is 392 g/mol. The molecule has 0 saturated carbocycles. The third-order valence-electron chi connectivity index (χ3n) is 5.84. The van der Waals surface area contributed by atoms with Crippen molar-refractivity contribution in [2.24, 2.45) is 9.98 Å². The van der Waals surface area contributed by atoms with Gasteiger partial charge in [-0.3, -0.25) is 4.99 Å². The number of rotatable bonds is 4. The molecule has 154 valence electrons. The molecule has 3 heterocycles. The van der Waals surface area contributed by atoms with Gasteiger partial charge in [0.05, 0.1) is 6.04 Å². The number of aliphatic hydroxyl groups is 2. The molecule has 1 saturated heterocycles. The first-order valence-electron chi connectivity index (χ1n) is 9.61. The van der Waals surface area contributed by atoms with E-state index in [0.29, 0.717) is 10.8 Å². The summed E-state index contributed by atoms with van der Waals surface area (Å²) in [5, 5.41) is 25.7. The third kappa shape index (κ3) is 3.43. The normalized spacial score (nSPS) is 29.7. The van der Waals surface area contributed by atoms with Gasteiger partial charge in [0, 0.05) is 29.5 Å². The van der Waals surface area contributed by atoms with Gasteiger partial charge in [0.1, 0.15) is 24.1 Å². The number of halogens is 1. The Morgan fingerprint density at radius 1 is 1.31 bits per heavy atom. The monoisotopic (exact) mass is 416 g/mol. The Morgan fingerprint density at radius 2 is 2.10 bits per heavy atom. The first-order valence-corrected chi connectivity index (χ1v) is 9.98. The molecule has 2 aliphatic rings. The topological polar surface area (TPSA) is 91.4 Å². The fourth-order valence-corrected chi connectivity index (χ4v) is 4.46. The number of fused-ring (bicyclic) bond motifs is 1. The second kappa shape index (κ2) is 8.01. The van der Waals surface area contributed by atoms with Gasteiger partial charge in [-0.25, -0.2) is 4.99 Å². The zero-order chi connectivity index (χ0) is 20.7. The van der Waals surface area contributed by atoms with Crippen LogP contribution in [-0.4, -0.2) is 59.1 Å². The number of aliphatic hydroxyl groups excluding tert-OH is 2. The second-order valence-corrected chi connectivity index (χ2v) is 7.86. The Hall–Kier alpha value is -2.03. The van der Waals surface area contributed by atoms with Crippen LogP contribution < -0.4 is 5.32 Å². The summed E-state index contributed by atoms with van der Waals surface area (Å²) in [5.41, 5.74) is 3.77. The molecule has 1 aromatic heterocycles. The number of aromatic nitrogens is 1. The van der Waals surface area contributed by atoms with Crippen molar-refractivity contribution < 1.29 is 14.9 Å². The SMILES string of the molecule is C=Nc1c(/C(C)=N\C)ccn1[C@@H]1O[C@H]([C@@H]2NCCc3cc(Cl)ccc32)[C@@H](O)[C@H]1O. The lowest BCUT2D eigenvalue weighted by Crippen LogP contribution is -2.43. The maximum Gasteiger partial charge on any atom is 0.164 e. The number of nitrogens with one attached hydrogen (secondary N) is 1. The summed E-state index contributed by atoms with van der Waals surface area (Å²) < 4.78 is 7.91. The van der Waals surface area contributed by atoms with Crippen LogP contribution in [0.1, 0.15) is 35.9 Å². The Morgan fingerprint density at radius 3 is 2.83 bits per heavy atom. The molecule has 29 heavy (non-hydrogen) atoms. The van der Waals surface area contributed by atoms with Crippen molar-refractivity contribution in [2.45, 2.75) is 43.9 Å². The Bertz CT molecular complexity index is 957. The summed E-state index contributed by atoms with van der Waals surface area (Å²) in [6.45, 7) is 6.27. The van der Waals surface area contributed by atoms with Gasteiger partial charge in [-0.05, 0) is 55.9 Å². The predicted octanol–water partition coefficient (Wildman–Crippen LogP) is 2.42. The van der Waals surface area contributed by atoms with Gasteiger partial charge in [-0.1, -0.05) is 17.7 Å². The predicted molar refractivity (Wildman–Crippen MR) is 114 cm³/mol. The van der Waals surface area contributed by atoms with Crippen molar-refractivity contribution in [3.8, 4) is 0 Å². The van der Waals surface area contributed by atoms with Crippen molar-refractivity contribution in [3.63, 3.8) is 0 Å². The van der Waals surface area contributed by atoms with E-state index in [1.807, 2.05) is 31.2 Å². The molecule has 0 bridgehead atoms. The van der Waals surface area contributed by atoms with Crippen molar-refractivity contribution in [1.29, 1.82) is 0 Å². The fraction of sp³-hybridized carbons (Fsp3) is 0.429. The summed E-state index contributed by atoms with van der Waals surface area (Å²) in [4.78, 5) is 8.32. The molecule has 0 aliphatic carbocycles. The number of benzene rings is 1. The van der Waals surface area contributed by atoms with Crippen LogP contribution in [0.4, 0.5) is 5.82 Å². The van der Waals surface area contributed by atoms with Crippen molar-refractivity contribution >= 4 is 29.8 Å². The number of aliphatic imine (C=N–C) groups is 2. The average Bonchev–Trinajstić information content (AvgIpc) is 3.28. The Labute approximate surface area is 174 Å². The minimum absolute atomic E-state index is 0.250. The van der Waals surface area contributed by atoms with Crippen LogP contribution in [0.2, 0.25) is 5.02 Å². The number of hydrogen-bond acceptors (Lipinski definition) is 6. The molecule has 5 atom stereocenters. The van der Waals surface area contributed by atoms with Crippen LogP contribution in [0, 0.1) is 0 Å². The van der Waals surface area contributed by atoms with E-state index in [-0.39, 0.29) is 6.04 Å². The molecule has 3 N–H and O–H groups in total. The van der Waals surface area contributed by atoms with Gasteiger partial charge in [0.15, 0.2) is 6.23 Å². The zero-order valence-electron chi connectivity index (χ0n) is 16.4. The van der Waals surface area contributed by atoms with E-state index < -0.39 is 24.5 Å². The van der Waals surface area contributed by atoms with E-state index in [2.05, 4.69) is 22.0 Å². The molecule has 0 unspecified atom stereocenters. The van der Waals surface area contributed by atoms with Crippen LogP contribution in [-0.2, 0) is 11.2 Å². The maximum atomic E-state index is 10.8. The first kappa shape index (κ1) is 20.3. The molecule has 8 heteroatoms. The number of hydrogen-bond donors (Lipinski definition) is 3. The summed E-state index contributed by atoms with van der Waals surface area (Å²) in [7, 11) is 1.71. The smallest absolute Gasteiger partial charge is 0.164 e. The van der Waals surface area contributed by atoms with Crippen LogP contribution in [0.15, 0.2) is 40.4 Å². The van der Waals surface area contributed by atoms with Gasteiger partial charge in [0.25, 0.3) is 0 Å². The van der Waals surface area contributed by atoms with Gasteiger partial charge in [0.2, 0.25) is 0 Å². The molecule has 2 aliphatic heterocycles. The summed E-state index contributed by atoms with van der Waals surface area (Å²) >= 11 is 6.14. The summed E-state index contributed by atoms with van der Waals surface area (Å²) in [6.07, 6.45) is -0.961. The van der Waals surface area contributed by atoms with Gasteiger partial charge in [-0.15, -0.1) is 0 Å². The van der Waals surface area contributed by atoms with E-state index in [9.17, 15) is 10.2 Å². The Balaban J connectivity index is 1.67. The number of ether oxygens (including phenoxy) is 1. The first-order chi connectivity index (χ1) is 14.0. The molecule has 1 aromatic carbocycles. The van der Waals surface area contributed by atoms with Crippen LogP contribution in [0.25, 0.3) is 0 Å².